The summed E-state index contributed by atoms with van der Waals surface area (Å²) in [5.74, 6) is 2.43. The van der Waals surface area contributed by atoms with Gasteiger partial charge in [-0.3, -0.25) is 5.32 Å². The fourth-order valence-electron chi connectivity index (χ4n) is 3.45. The van der Waals surface area contributed by atoms with Crippen molar-refractivity contribution in [3.63, 3.8) is 0 Å². The van der Waals surface area contributed by atoms with Gasteiger partial charge in [-0.15, -0.1) is 0 Å². The maximum absolute atomic E-state index is 6.71. The van der Waals surface area contributed by atoms with E-state index in [1.165, 1.54) is 11.5 Å². The molecule has 3 fully saturated rings. The highest BCUT2D eigenvalue weighted by atomic mass is 32.2. The average molecular weight is 271 g/mol. The van der Waals surface area contributed by atoms with Gasteiger partial charge in [0.1, 0.15) is 11.3 Å². The van der Waals surface area contributed by atoms with Crippen LogP contribution in [0, 0.1) is 5.41 Å². The molecule has 0 saturated carbocycles. The van der Waals surface area contributed by atoms with Gasteiger partial charge in [-0.05, 0) is 37.2 Å². The van der Waals surface area contributed by atoms with Gasteiger partial charge in [-0.25, -0.2) is 0 Å². The highest BCUT2D eigenvalue weighted by molar-refractivity contribution is 7.99. The minimum atomic E-state index is -0.0709. The third kappa shape index (κ3) is 2.11. The van der Waals surface area contributed by atoms with Crippen molar-refractivity contribution >= 4 is 11.8 Å². The highest BCUT2D eigenvalue weighted by Gasteiger charge is 2.56. The molecule has 3 nitrogen and oxygen atoms in total. The largest absolute Gasteiger partial charge is 0.378 e. The molecule has 1 atom stereocenters. The zero-order valence-corrected chi connectivity index (χ0v) is 12.4. The highest BCUT2D eigenvalue weighted by Crippen LogP contribution is 2.48. The second-order valence-corrected chi connectivity index (χ2v) is 7.82. The van der Waals surface area contributed by atoms with Gasteiger partial charge in [0, 0.05) is 18.6 Å². The smallest absolute Gasteiger partial charge is 0.121 e. The Balaban J connectivity index is 1.84. The average Bonchev–Trinajstić information content (AvgIpc) is 2.38. The predicted molar refractivity (Wildman–Crippen MR) is 74.9 cm³/mol. The van der Waals surface area contributed by atoms with E-state index in [0.717, 1.165) is 45.4 Å². The van der Waals surface area contributed by atoms with Crippen LogP contribution in [-0.2, 0) is 9.47 Å². The summed E-state index contributed by atoms with van der Waals surface area (Å²) in [5, 5.41) is 3.71. The lowest BCUT2D eigenvalue weighted by atomic mass is 9.69. The first kappa shape index (κ1) is 13.2. The summed E-state index contributed by atoms with van der Waals surface area (Å²) in [7, 11) is 0. The van der Waals surface area contributed by atoms with Gasteiger partial charge in [0.05, 0.1) is 6.61 Å². The summed E-state index contributed by atoms with van der Waals surface area (Å²) < 4.78 is 12.5. The van der Waals surface area contributed by atoms with Crippen molar-refractivity contribution < 1.29 is 9.47 Å². The number of rotatable bonds is 0. The predicted octanol–water partition coefficient (Wildman–Crippen LogP) is 2.40. The van der Waals surface area contributed by atoms with E-state index in [0.29, 0.717) is 0 Å². The van der Waals surface area contributed by atoms with Crippen molar-refractivity contribution in [1.82, 2.24) is 5.32 Å². The Hall–Kier alpha value is 0.230. The Morgan fingerprint density at radius 3 is 2.56 bits per heavy atom. The van der Waals surface area contributed by atoms with E-state index in [1.807, 2.05) is 11.8 Å². The maximum Gasteiger partial charge on any atom is 0.121 e. The van der Waals surface area contributed by atoms with E-state index in [9.17, 15) is 0 Å². The molecule has 4 heteroatoms. The molecular weight excluding hydrogens is 246 g/mol. The van der Waals surface area contributed by atoms with Crippen LogP contribution in [-0.4, -0.2) is 42.6 Å². The number of thioether (sulfide) groups is 1. The third-order valence-electron chi connectivity index (χ3n) is 4.98. The zero-order valence-electron chi connectivity index (χ0n) is 11.6. The molecular formula is C14H25NO2S. The van der Waals surface area contributed by atoms with Gasteiger partial charge in [0.25, 0.3) is 0 Å². The van der Waals surface area contributed by atoms with Crippen LogP contribution in [0.25, 0.3) is 0 Å². The lowest BCUT2D eigenvalue weighted by molar-refractivity contribution is -0.284. The van der Waals surface area contributed by atoms with Gasteiger partial charge < -0.3 is 9.47 Å². The van der Waals surface area contributed by atoms with Crippen molar-refractivity contribution in [2.45, 2.75) is 50.9 Å². The third-order valence-corrected chi connectivity index (χ3v) is 5.97. The summed E-state index contributed by atoms with van der Waals surface area (Å²) in [6, 6.07) is 0. The van der Waals surface area contributed by atoms with Gasteiger partial charge in [-0.1, -0.05) is 13.8 Å². The van der Waals surface area contributed by atoms with Crippen molar-refractivity contribution in [3.05, 3.63) is 0 Å². The van der Waals surface area contributed by atoms with Crippen molar-refractivity contribution in [3.8, 4) is 0 Å². The number of hydrogen-bond donors (Lipinski definition) is 1. The molecule has 3 saturated heterocycles. The van der Waals surface area contributed by atoms with Crippen molar-refractivity contribution in [2.24, 2.45) is 5.41 Å². The molecule has 0 amide bonds. The molecule has 0 aliphatic carbocycles. The van der Waals surface area contributed by atoms with Gasteiger partial charge in [0.15, 0.2) is 0 Å². The Kier molecular flexibility index (Phi) is 3.42. The second kappa shape index (κ2) is 4.65. The molecule has 3 aliphatic rings. The van der Waals surface area contributed by atoms with E-state index in [1.54, 1.807) is 0 Å². The summed E-state index contributed by atoms with van der Waals surface area (Å²) in [6.07, 6.45) is 4.55. The van der Waals surface area contributed by atoms with E-state index < -0.39 is 0 Å². The van der Waals surface area contributed by atoms with E-state index in [-0.39, 0.29) is 16.7 Å². The Morgan fingerprint density at radius 2 is 1.89 bits per heavy atom. The molecule has 1 unspecified atom stereocenters. The van der Waals surface area contributed by atoms with Crippen LogP contribution in [0.1, 0.15) is 39.5 Å². The Bertz CT molecular complexity index is 307. The van der Waals surface area contributed by atoms with Gasteiger partial charge in [-0.2, -0.15) is 11.8 Å². The monoisotopic (exact) mass is 271 g/mol. The fraction of sp³-hybridized carbons (Fsp3) is 1.00. The van der Waals surface area contributed by atoms with Crippen LogP contribution in [0.3, 0.4) is 0 Å². The normalized spacial score (nSPS) is 39.0. The fourth-order valence-corrected chi connectivity index (χ4v) is 4.61. The molecule has 0 aromatic heterocycles. The first-order chi connectivity index (χ1) is 8.58. The number of nitrogens with one attached hydrogen (secondary N) is 1. The maximum atomic E-state index is 6.71. The molecule has 3 rings (SSSR count). The molecule has 0 bridgehead atoms. The lowest BCUT2D eigenvalue weighted by Crippen LogP contribution is -2.70. The molecule has 3 heterocycles. The van der Waals surface area contributed by atoms with Crippen LogP contribution < -0.4 is 5.32 Å². The zero-order chi connectivity index (χ0) is 12.7. The topological polar surface area (TPSA) is 30.5 Å². The molecule has 3 aliphatic heterocycles. The molecule has 2 spiro atoms. The van der Waals surface area contributed by atoms with Crippen LogP contribution in [0.2, 0.25) is 0 Å². The quantitative estimate of drug-likeness (QED) is 0.733. The van der Waals surface area contributed by atoms with Crippen LogP contribution >= 0.6 is 11.8 Å². The van der Waals surface area contributed by atoms with Crippen LogP contribution in [0.15, 0.2) is 0 Å². The number of hydrogen-bond acceptors (Lipinski definition) is 4. The Morgan fingerprint density at radius 1 is 1.11 bits per heavy atom. The molecule has 0 radical (unpaired) electrons. The summed E-state index contributed by atoms with van der Waals surface area (Å²) in [4.78, 5) is 0. The lowest BCUT2D eigenvalue weighted by Gasteiger charge is -2.59. The molecule has 1 N–H and O–H groups in total. The molecule has 18 heavy (non-hydrogen) atoms. The van der Waals surface area contributed by atoms with E-state index >= 15 is 0 Å². The summed E-state index contributed by atoms with van der Waals surface area (Å²) in [5.41, 5.74) is 0.0171. The number of ether oxygens (including phenoxy) is 2. The van der Waals surface area contributed by atoms with Crippen LogP contribution in [0.5, 0.6) is 0 Å². The van der Waals surface area contributed by atoms with Gasteiger partial charge >= 0.3 is 0 Å². The van der Waals surface area contributed by atoms with Gasteiger partial charge in [0.2, 0.25) is 0 Å². The van der Waals surface area contributed by atoms with E-state index in [4.69, 9.17) is 9.47 Å². The minimum Gasteiger partial charge on any atom is -0.378 e. The molecule has 104 valence electrons. The van der Waals surface area contributed by atoms with E-state index in [2.05, 4.69) is 19.2 Å². The first-order valence-electron chi connectivity index (χ1n) is 7.18. The van der Waals surface area contributed by atoms with Crippen molar-refractivity contribution in [2.75, 3.05) is 31.3 Å². The minimum absolute atomic E-state index is 0.0680. The summed E-state index contributed by atoms with van der Waals surface area (Å²) >= 11 is 2.05. The standard InChI is InChI=1S/C14H25NO2S/c1-12(2)10-15-14(5-8-18-9-6-14)17-13(12)4-3-7-16-11-13/h15H,3-11H2,1-2H3. The first-order valence-corrected chi connectivity index (χ1v) is 8.34. The Labute approximate surface area is 114 Å². The SMILES string of the molecule is CC1(C)CNC2(CCSCC2)OC12CCCOC2. The summed E-state index contributed by atoms with van der Waals surface area (Å²) in [6.45, 7) is 7.35. The molecule has 0 aromatic carbocycles. The van der Waals surface area contributed by atoms with Crippen LogP contribution in [0.4, 0.5) is 0 Å². The van der Waals surface area contributed by atoms with Crippen molar-refractivity contribution in [1.29, 1.82) is 0 Å². The molecule has 0 aromatic rings. The second-order valence-electron chi connectivity index (χ2n) is 6.60.